The number of benzene rings is 1. The van der Waals surface area contributed by atoms with E-state index < -0.39 is 23.3 Å². The summed E-state index contributed by atoms with van der Waals surface area (Å²) in [7, 11) is 0. The first-order valence-electron chi connectivity index (χ1n) is 5.55. The van der Waals surface area contributed by atoms with Crippen LogP contribution in [0.3, 0.4) is 0 Å². The summed E-state index contributed by atoms with van der Waals surface area (Å²) < 4.78 is 0. The van der Waals surface area contributed by atoms with Gasteiger partial charge in [0.15, 0.2) is 0 Å². The summed E-state index contributed by atoms with van der Waals surface area (Å²) in [5.74, 6) is -1.96. The Bertz CT molecular complexity index is 647. The van der Waals surface area contributed by atoms with E-state index in [1.165, 1.54) is 18.2 Å². The van der Waals surface area contributed by atoms with Crippen LogP contribution in [0.4, 0.5) is 11.4 Å². The van der Waals surface area contributed by atoms with E-state index in [0.29, 0.717) is 0 Å². The number of carboxylic acid groups (broad SMARTS) is 1. The van der Waals surface area contributed by atoms with Crippen LogP contribution < -0.4 is 10.6 Å². The second-order valence-electron chi connectivity index (χ2n) is 3.71. The van der Waals surface area contributed by atoms with E-state index in [-0.39, 0.29) is 16.9 Å². The number of hydrogen-bond acceptors (Lipinski definition) is 6. The third-order valence-electron chi connectivity index (χ3n) is 2.18. The van der Waals surface area contributed by atoms with Crippen LogP contribution in [0.1, 0.15) is 0 Å². The monoisotopic (exact) mass is 290 g/mol. The van der Waals surface area contributed by atoms with Crippen molar-refractivity contribution >= 4 is 23.3 Å². The molecule has 0 fully saturated rings. The molecule has 0 saturated carbocycles. The lowest BCUT2D eigenvalue weighted by atomic mass is 10.2. The minimum atomic E-state index is -1.15. The quantitative estimate of drug-likeness (QED) is 0.301. The van der Waals surface area contributed by atoms with Gasteiger partial charge in [-0.1, -0.05) is 6.07 Å². The minimum absolute atomic E-state index is 0.147. The van der Waals surface area contributed by atoms with Gasteiger partial charge in [-0.05, 0) is 6.07 Å². The highest BCUT2D eigenvalue weighted by atomic mass is 16.6. The standard InChI is InChI=1S/C12H10N4O5/c13-5-8(6-14-7-11(17)18)12(19)15-9-2-1-3-10(4-9)16(20)21/h1-4,6,14H,7H2,(H,15,19)(H,17,18)/b8-6-. The van der Waals surface area contributed by atoms with E-state index in [1.54, 1.807) is 6.07 Å². The number of nitrogens with zero attached hydrogens (tertiary/aromatic N) is 2. The fourth-order valence-corrected chi connectivity index (χ4v) is 1.28. The van der Waals surface area contributed by atoms with Crippen LogP contribution in [0.5, 0.6) is 0 Å². The van der Waals surface area contributed by atoms with E-state index in [4.69, 9.17) is 10.4 Å². The molecule has 9 nitrogen and oxygen atoms in total. The van der Waals surface area contributed by atoms with Gasteiger partial charge >= 0.3 is 5.97 Å². The zero-order chi connectivity index (χ0) is 15.8. The molecule has 0 radical (unpaired) electrons. The Kier molecular flexibility index (Phi) is 5.40. The van der Waals surface area contributed by atoms with Gasteiger partial charge in [-0.25, -0.2) is 0 Å². The van der Waals surface area contributed by atoms with Crippen LogP contribution >= 0.6 is 0 Å². The molecule has 0 saturated heterocycles. The highest BCUT2D eigenvalue weighted by Gasteiger charge is 2.12. The predicted octanol–water partition coefficient (Wildman–Crippen LogP) is 0.615. The zero-order valence-electron chi connectivity index (χ0n) is 10.6. The Morgan fingerprint density at radius 2 is 2.19 bits per heavy atom. The van der Waals surface area contributed by atoms with Crippen molar-refractivity contribution in [3.05, 3.63) is 46.2 Å². The maximum atomic E-state index is 11.7. The molecule has 0 unspecified atom stereocenters. The number of nitro groups is 1. The molecule has 0 aromatic heterocycles. The number of carbonyl (C=O) groups excluding carboxylic acids is 1. The smallest absolute Gasteiger partial charge is 0.322 e. The first-order chi connectivity index (χ1) is 9.93. The maximum absolute atomic E-state index is 11.7. The maximum Gasteiger partial charge on any atom is 0.322 e. The van der Waals surface area contributed by atoms with Crippen LogP contribution in [0.25, 0.3) is 0 Å². The summed E-state index contributed by atoms with van der Waals surface area (Å²) in [6.45, 7) is -0.449. The Labute approximate surface area is 118 Å². The van der Waals surface area contributed by atoms with Crippen molar-refractivity contribution in [3.8, 4) is 6.07 Å². The fourth-order valence-electron chi connectivity index (χ4n) is 1.28. The Balaban J connectivity index is 2.79. The fraction of sp³-hybridized carbons (Fsp3) is 0.0833. The molecule has 0 atom stereocenters. The normalized spacial score (nSPS) is 10.3. The van der Waals surface area contributed by atoms with Gasteiger partial charge in [0.25, 0.3) is 11.6 Å². The van der Waals surface area contributed by atoms with Crippen LogP contribution in [-0.2, 0) is 9.59 Å². The highest BCUT2D eigenvalue weighted by Crippen LogP contribution is 2.17. The lowest BCUT2D eigenvalue weighted by Crippen LogP contribution is -2.20. The van der Waals surface area contributed by atoms with Gasteiger partial charge in [0.1, 0.15) is 18.2 Å². The largest absolute Gasteiger partial charge is 0.480 e. The van der Waals surface area contributed by atoms with Crippen LogP contribution in [0, 0.1) is 21.4 Å². The van der Waals surface area contributed by atoms with Gasteiger partial charge in [-0.3, -0.25) is 19.7 Å². The third kappa shape index (κ3) is 4.99. The molecule has 0 heterocycles. The molecule has 1 aromatic rings. The number of anilines is 1. The van der Waals surface area contributed by atoms with E-state index in [2.05, 4.69) is 10.6 Å². The van der Waals surface area contributed by atoms with Gasteiger partial charge in [-0.2, -0.15) is 5.26 Å². The molecule has 21 heavy (non-hydrogen) atoms. The average molecular weight is 290 g/mol. The summed E-state index contributed by atoms with van der Waals surface area (Å²) in [5.41, 5.74) is -0.421. The number of nitrogens with one attached hydrogen (secondary N) is 2. The molecule has 0 bridgehead atoms. The van der Waals surface area contributed by atoms with Crippen molar-refractivity contribution in [2.24, 2.45) is 0 Å². The number of aliphatic carboxylic acids is 1. The van der Waals surface area contributed by atoms with E-state index in [9.17, 15) is 19.7 Å². The first-order valence-corrected chi connectivity index (χ1v) is 5.55. The number of carbonyl (C=O) groups is 2. The summed E-state index contributed by atoms with van der Waals surface area (Å²) in [5, 5.41) is 32.4. The number of nitro benzene ring substituents is 1. The van der Waals surface area contributed by atoms with Crippen molar-refractivity contribution < 1.29 is 19.6 Å². The Morgan fingerprint density at radius 1 is 1.48 bits per heavy atom. The third-order valence-corrected chi connectivity index (χ3v) is 2.18. The van der Waals surface area contributed by atoms with Crippen LogP contribution in [0.15, 0.2) is 36.0 Å². The Hall–Kier alpha value is -3.41. The van der Waals surface area contributed by atoms with Crippen LogP contribution in [0.2, 0.25) is 0 Å². The number of carboxylic acids is 1. The van der Waals surface area contributed by atoms with Crippen LogP contribution in [-0.4, -0.2) is 28.5 Å². The van der Waals surface area contributed by atoms with Crippen molar-refractivity contribution in [2.45, 2.75) is 0 Å². The van der Waals surface area contributed by atoms with E-state index >= 15 is 0 Å². The minimum Gasteiger partial charge on any atom is -0.480 e. The number of rotatable bonds is 6. The highest BCUT2D eigenvalue weighted by molar-refractivity contribution is 6.06. The predicted molar refractivity (Wildman–Crippen MR) is 71.1 cm³/mol. The molecule has 0 spiro atoms. The van der Waals surface area contributed by atoms with Gasteiger partial charge in [-0.15, -0.1) is 0 Å². The molecule has 1 rings (SSSR count). The second kappa shape index (κ2) is 7.25. The van der Waals surface area contributed by atoms with Crippen molar-refractivity contribution in [1.82, 2.24) is 5.32 Å². The Morgan fingerprint density at radius 3 is 2.76 bits per heavy atom. The summed E-state index contributed by atoms with van der Waals surface area (Å²) in [6.07, 6.45) is 0.959. The summed E-state index contributed by atoms with van der Waals surface area (Å²) in [4.78, 5) is 32.0. The molecule has 0 aliphatic heterocycles. The van der Waals surface area contributed by atoms with Crippen molar-refractivity contribution in [3.63, 3.8) is 0 Å². The molecule has 0 aliphatic rings. The topological polar surface area (TPSA) is 145 Å². The number of nitriles is 1. The van der Waals surface area contributed by atoms with Gasteiger partial charge in [0.2, 0.25) is 0 Å². The van der Waals surface area contributed by atoms with E-state index in [1.807, 2.05) is 0 Å². The molecule has 1 amide bonds. The molecule has 0 aliphatic carbocycles. The first kappa shape index (κ1) is 15.6. The van der Waals surface area contributed by atoms with Crippen molar-refractivity contribution in [2.75, 3.05) is 11.9 Å². The summed E-state index contributed by atoms with van der Waals surface area (Å²) >= 11 is 0. The number of hydrogen-bond donors (Lipinski definition) is 3. The van der Waals surface area contributed by atoms with Gasteiger partial charge in [0.05, 0.1) is 4.92 Å². The number of amides is 1. The van der Waals surface area contributed by atoms with Crippen molar-refractivity contribution in [1.29, 1.82) is 5.26 Å². The molecule has 108 valence electrons. The summed E-state index contributed by atoms with van der Waals surface area (Å²) in [6, 6.07) is 6.79. The molecule has 3 N–H and O–H groups in total. The lowest BCUT2D eigenvalue weighted by Gasteiger charge is -2.04. The molecular weight excluding hydrogens is 280 g/mol. The SMILES string of the molecule is N#C/C(=C/NCC(=O)O)C(=O)Nc1cccc([N+](=O)[O-])c1. The van der Waals surface area contributed by atoms with Gasteiger partial charge < -0.3 is 15.7 Å². The molecular formula is C12H10N4O5. The second-order valence-corrected chi connectivity index (χ2v) is 3.71. The number of non-ortho nitro benzene ring substituents is 1. The molecule has 9 heteroatoms. The van der Waals surface area contributed by atoms with Gasteiger partial charge in [0, 0.05) is 24.0 Å². The lowest BCUT2D eigenvalue weighted by molar-refractivity contribution is -0.384. The van der Waals surface area contributed by atoms with E-state index in [0.717, 1.165) is 12.3 Å². The average Bonchev–Trinajstić information content (AvgIpc) is 2.43. The zero-order valence-corrected chi connectivity index (χ0v) is 10.6. The molecule has 1 aromatic carbocycles.